The lowest BCUT2D eigenvalue weighted by Gasteiger charge is -2.23. The summed E-state index contributed by atoms with van der Waals surface area (Å²) in [5.74, 6) is -0.899. The zero-order valence-electron chi connectivity index (χ0n) is 8.17. The summed E-state index contributed by atoms with van der Waals surface area (Å²) >= 11 is 0. The Balaban J connectivity index is 4.86. The van der Waals surface area contributed by atoms with Gasteiger partial charge in [0.1, 0.15) is 18.5 Å². The van der Waals surface area contributed by atoms with E-state index in [1.807, 2.05) is 0 Å². The van der Waals surface area contributed by atoms with Crippen LogP contribution in [0.4, 0.5) is 0 Å². The van der Waals surface area contributed by atoms with Gasteiger partial charge in [-0.1, -0.05) is 5.11 Å². The number of aldehydes is 1. The van der Waals surface area contributed by atoms with Crippen LogP contribution in [0.5, 0.6) is 0 Å². The third-order valence-electron chi connectivity index (χ3n) is 1.88. The second-order valence-corrected chi connectivity index (χ2v) is 2.93. The number of rotatable bonds is 7. The number of hydrogen-bond donors (Lipinski definition) is 3. The zero-order valence-corrected chi connectivity index (χ0v) is 8.17. The van der Waals surface area contributed by atoms with Crippen LogP contribution < -0.4 is 0 Å². The first kappa shape index (κ1) is 14.5. The number of ketones is 1. The number of nitrogens with zero attached hydrogens (tertiary/aromatic N) is 3. The second-order valence-electron chi connectivity index (χ2n) is 2.93. The van der Waals surface area contributed by atoms with Crippen LogP contribution >= 0.6 is 0 Å². The Morgan fingerprint density at radius 3 is 2.44 bits per heavy atom. The molecule has 0 bridgehead atoms. The first-order valence-electron chi connectivity index (χ1n) is 4.26. The predicted molar refractivity (Wildman–Crippen MR) is 50.9 cm³/mol. The van der Waals surface area contributed by atoms with Gasteiger partial charge in [0.2, 0.25) is 0 Å². The molecule has 0 aromatic carbocycles. The fourth-order valence-corrected chi connectivity index (χ4v) is 0.977. The molecule has 8 nitrogen and oxygen atoms in total. The average molecular weight is 229 g/mol. The fourth-order valence-electron chi connectivity index (χ4n) is 0.977. The molecule has 0 aliphatic carbocycles. The maximum absolute atomic E-state index is 10.9. The summed E-state index contributed by atoms with van der Waals surface area (Å²) in [5.41, 5.74) is 8.14. The van der Waals surface area contributed by atoms with Crippen molar-refractivity contribution in [2.24, 2.45) is 5.11 Å². The van der Waals surface area contributed by atoms with Crippen molar-refractivity contribution >= 4 is 12.1 Å². The van der Waals surface area contributed by atoms with Crippen molar-refractivity contribution in [2.75, 3.05) is 0 Å². The number of hydrogen-bond acceptors (Lipinski definition) is 6. The van der Waals surface area contributed by atoms with Crippen molar-refractivity contribution in [1.82, 2.24) is 0 Å². The highest BCUT2D eigenvalue weighted by Crippen LogP contribution is 2.10. The molecule has 0 unspecified atom stereocenters. The van der Waals surface area contributed by atoms with Crippen molar-refractivity contribution in [3.8, 4) is 0 Å². The second kappa shape index (κ2) is 6.91. The fraction of sp³-hybridized carbons (Fsp3) is 0.625. The van der Waals surface area contributed by atoms with Crippen molar-refractivity contribution in [2.45, 2.75) is 30.8 Å². The maximum atomic E-state index is 10.9. The summed E-state index contributed by atoms with van der Waals surface area (Å²) in [5, 5.41) is 30.6. The molecule has 16 heavy (non-hydrogen) atoms. The molecule has 3 N–H and O–H groups in total. The molecule has 0 aliphatic heterocycles. The van der Waals surface area contributed by atoms with E-state index in [4.69, 9.17) is 17.6 Å². The minimum absolute atomic E-state index is 0.0161. The molecule has 4 atom stereocenters. The van der Waals surface area contributed by atoms with Gasteiger partial charge in [0, 0.05) is 11.3 Å². The summed E-state index contributed by atoms with van der Waals surface area (Å²) in [7, 11) is 0. The molecule has 0 aromatic heterocycles. The lowest BCUT2D eigenvalue weighted by molar-refractivity contribution is -0.135. The average Bonchev–Trinajstić information content (AvgIpc) is 2.32. The summed E-state index contributed by atoms with van der Waals surface area (Å²) in [6, 6.07) is -1.65. The van der Waals surface area contributed by atoms with Gasteiger partial charge in [-0.15, -0.1) is 0 Å². The molecule has 0 aromatic rings. The Kier molecular flexibility index (Phi) is 6.28. The van der Waals surface area contributed by atoms with Crippen LogP contribution in [0.15, 0.2) is 5.11 Å². The lowest BCUT2D eigenvalue weighted by Crippen LogP contribution is -2.46. The number of Topliss-reactive ketones (excluding diaryl/α,β-unsaturated/α-hetero) is 1. The smallest absolute Gasteiger partial charge is 0.164 e. The van der Waals surface area contributed by atoms with Crippen molar-refractivity contribution < 1.29 is 24.9 Å². The number of aliphatic hydroxyl groups excluding tert-OH is 3. The van der Waals surface area contributed by atoms with Gasteiger partial charge in [0.05, 0.1) is 12.1 Å². The third kappa shape index (κ3) is 3.59. The Bertz CT molecular complexity index is 302. The van der Waals surface area contributed by atoms with Gasteiger partial charge in [-0.3, -0.25) is 4.79 Å². The van der Waals surface area contributed by atoms with E-state index >= 15 is 0 Å². The summed E-state index contributed by atoms with van der Waals surface area (Å²) < 4.78 is 0. The molecule has 0 amide bonds. The van der Waals surface area contributed by atoms with E-state index < -0.39 is 36.6 Å². The van der Waals surface area contributed by atoms with Crippen LogP contribution in [0.2, 0.25) is 0 Å². The predicted octanol–water partition coefficient (Wildman–Crippen LogP) is -1.38. The van der Waals surface area contributed by atoms with Gasteiger partial charge in [-0.05, 0) is 12.5 Å². The SMILES string of the molecule is [CH]CC(=O)[C@H](O)[C@@H](O)[C@@H](N=[N+]=[N-])[C@@H](O)C=O. The quantitative estimate of drug-likeness (QED) is 0.213. The first-order chi connectivity index (χ1) is 7.49. The molecular weight excluding hydrogens is 218 g/mol. The molecule has 0 fully saturated rings. The van der Waals surface area contributed by atoms with Crippen molar-refractivity contribution in [3.63, 3.8) is 0 Å². The van der Waals surface area contributed by atoms with E-state index in [1.54, 1.807) is 0 Å². The molecule has 0 heterocycles. The summed E-state index contributed by atoms with van der Waals surface area (Å²) in [4.78, 5) is 23.5. The van der Waals surface area contributed by atoms with Gasteiger partial charge in [0.15, 0.2) is 5.78 Å². The van der Waals surface area contributed by atoms with E-state index in [1.165, 1.54) is 0 Å². The van der Waals surface area contributed by atoms with E-state index in [9.17, 15) is 19.8 Å². The zero-order chi connectivity index (χ0) is 12.7. The van der Waals surface area contributed by atoms with E-state index in [0.717, 1.165) is 0 Å². The maximum Gasteiger partial charge on any atom is 0.164 e. The van der Waals surface area contributed by atoms with Gasteiger partial charge >= 0.3 is 0 Å². The molecule has 8 heteroatoms. The summed E-state index contributed by atoms with van der Waals surface area (Å²) in [6.07, 6.45) is -6.14. The molecule has 2 radical (unpaired) electrons. The third-order valence-corrected chi connectivity index (χ3v) is 1.88. The van der Waals surface area contributed by atoms with Crippen LogP contribution in [-0.4, -0.2) is 51.7 Å². The van der Waals surface area contributed by atoms with Crippen LogP contribution in [0, 0.1) is 6.92 Å². The van der Waals surface area contributed by atoms with Crippen molar-refractivity contribution in [3.05, 3.63) is 17.4 Å². The van der Waals surface area contributed by atoms with E-state index in [-0.39, 0.29) is 6.29 Å². The first-order valence-corrected chi connectivity index (χ1v) is 4.26. The number of carbonyl (C=O) groups excluding carboxylic acids is 2. The van der Waals surface area contributed by atoms with Gasteiger partial charge < -0.3 is 20.1 Å². The monoisotopic (exact) mass is 229 g/mol. The molecule has 88 valence electrons. The molecule has 0 saturated heterocycles. The highest BCUT2D eigenvalue weighted by atomic mass is 16.3. The standard InChI is InChI=1S/C8H11N3O5/c1-2-4(13)7(15)8(16)6(10-11-9)5(14)3-12/h1,3,5-8,14-16H,2H2/t5-,6-,7-,8-/m0/s1. The molecule has 0 saturated carbocycles. The topological polar surface area (TPSA) is 144 Å². The van der Waals surface area contributed by atoms with Crippen molar-refractivity contribution in [1.29, 1.82) is 0 Å². The molecule has 0 rings (SSSR count). The van der Waals surface area contributed by atoms with Crippen LogP contribution in [0.25, 0.3) is 10.4 Å². The number of carbonyl (C=O) groups is 2. The van der Waals surface area contributed by atoms with Crippen LogP contribution in [0.1, 0.15) is 6.42 Å². The van der Waals surface area contributed by atoms with Gasteiger partial charge in [-0.2, -0.15) is 0 Å². The minimum Gasteiger partial charge on any atom is -0.389 e. The Morgan fingerprint density at radius 2 is 2.06 bits per heavy atom. The Labute approximate surface area is 91.1 Å². The van der Waals surface area contributed by atoms with E-state index in [0.29, 0.717) is 0 Å². The molecule has 0 aliphatic rings. The van der Waals surface area contributed by atoms with Gasteiger partial charge in [0.25, 0.3) is 0 Å². The molecular formula is C8H11N3O5. The molecule has 0 spiro atoms. The van der Waals surface area contributed by atoms with Crippen LogP contribution in [-0.2, 0) is 9.59 Å². The normalized spacial score (nSPS) is 17.8. The summed E-state index contributed by atoms with van der Waals surface area (Å²) in [6.45, 7) is 4.94. The largest absolute Gasteiger partial charge is 0.389 e. The Hall–Kier alpha value is -1.47. The number of azide groups is 1. The highest BCUT2D eigenvalue weighted by Gasteiger charge is 2.34. The lowest BCUT2D eigenvalue weighted by atomic mass is 9.98. The van der Waals surface area contributed by atoms with Gasteiger partial charge in [-0.25, -0.2) is 0 Å². The minimum atomic E-state index is -1.92. The van der Waals surface area contributed by atoms with E-state index in [2.05, 4.69) is 10.0 Å². The Morgan fingerprint density at radius 1 is 1.50 bits per heavy atom. The number of aliphatic hydroxyl groups is 3. The van der Waals surface area contributed by atoms with Crippen LogP contribution in [0.3, 0.4) is 0 Å². The highest BCUT2D eigenvalue weighted by molar-refractivity contribution is 5.84.